The first-order valence-electron chi connectivity index (χ1n) is 11.3. The number of piperazine rings is 1. The molecular weight excluding hydrogens is 512 g/mol. The molecule has 0 saturated carbocycles. The quantitative estimate of drug-likeness (QED) is 0.382. The van der Waals surface area contributed by atoms with Crippen LogP contribution in [0.15, 0.2) is 35.8 Å². The maximum absolute atomic E-state index is 13.3. The Hall–Kier alpha value is -3.22. The van der Waals surface area contributed by atoms with Crippen molar-refractivity contribution in [2.24, 2.45) is 5.73 Å². The van der Waals surface area contributed by atoms with Gasteiger partial charge in [0.25, 0.3) is 5.91 Å². The number of primary amides is 1. The van der Waals surface area contributed by atoms with Crippen molar-refractivity contribution in [1.29, 1.82) is 0 Å². The van der Waals surface area contributed by atoms with Crippen molar-refractivity contribution in [2.75, 3.05) is 35.7 Å². The molecule has 13 heteroatoms. The van der Waals surface area contributed by atoms with Gasteiger partial charge in [0.15, 0.2) is 11.6 Å². The number of benzene rings is 1. The number of halogens is 3. The fourth-order valence-electron chi connectivity index (χ4n) is 4.67. The SMILES string of the molecule is CN1C2CCC1CN(c1ccc(Nc3ncc(Cl)c(Nc4sccc4C(N)=O)n3)c(OC(F)F)c1)C2. The molecule has 2 atom stereocenters. The smallest absolute Gasteiger partial charge is 0.387 e. The molecule has 4 heterocycles. The first-order chi connectivity index (χ1) is 17.3. The van der Waals surface area contributed by atoms with Crippen LogP contribution >= 0.6 is 22.9 Å². The zero-order chi connectivity index (χ0) is 25.4. The predicted molar refractivity (Wildman–Crippen MR) is 136 cm³/mol. The molecule has 2 saturated heterocycles. The molecule has 36 heavy (non-hydrogen) atoms. The number of likely N-dealkylation sites (N-methyl/N-ethyl adjacent to an activating group) is 1. The van der Waals surface area contributed by atoms with Gasteiger partial charge in [0.2, 0.25) is 5.95 Å². The van der Waals surface area contributed by atoms with E-state index in [1.54, 1.807) is 23.6 Å². The van der Waals surface area contributed by atoms with Crippen molar-refractivity contribution < 1.29 is 18.3 Å². The largest absolute Gasteiger partial charge is 0.433 e. The number of hydrogen-bond acceptors (Lipinski definition) is 9. The Morgan fingerprint density at radius 2 is 2.00 bits per heavy atom. The van der Waals surface area contributed by atoms with Crippen molar-refractivity contribution in [3.63, 3.8) is 0 Å². The Balaban J connectivity index is 1.39. The molecule has 1 aromatic carbocycles. The zero-order valence-electron chi connectivity index (χ0n) is 19.2. The molecular formula is C23H24ClF2N7O2S. The molecule has 2 aliphatic heterocycles. The topological polar surface area (TPSA) is 109 Å². The second-order valence-electron chi connectivity index (χ2n) is 8.68. The molecule has 2 unspecified atom stereocenters. The van der Waals surface area contributed by atoms with Gasteiger partial charge in [0.05, 0.1) is 17.4 Å². The molecule has 2 aromatic heterocycles. The number of nitrogens with two attached hydrogens (primary N) is 1. The Morgan fingerprint density at radius 1 is 1.25 bits per heavy atom. The first-order valence-corrected chi connectivity index (χ1v) is 12.5. The minimum Gasteiger partial charge on any atom is -0.433 e. The average Bonchev–Trinajstić information content (AvgIpc) is 3.36. The Labute approximate surface area is 215 Å². The summed E-state index contributed by atoms with van der Waals surface area (Å²) in [6, 6.07) is 7.64. The molecule has 2 aliphatic rings. The molecule has 4 N–H and O–H groups in total. The Bertz CT molecular complexity index is 1260. The van der Waals surface area contributed by atoms with Gasteiger partial charge in [-0.25, -0.2) is 4.98 Å². The molecule has 0 radical (unpaired) electrons. The fraction of sp³-hybridized carbons (Fsp3) is 0.348. The number of nitrogens with one attached hydrogen (secondary N) is 2. The summed E-state index contributed by atoms with van der Waals surface area (Å²) in [5, 5.41) is 8.30. The Morgan fingerprint density at radius 3 is 2.69 bits per heavy atom. The highest BCUT2D eigenvalue weighted by molar-refractivity contribution is 7.14. The van der Waals surface area contributed by atoms with Crippen LogP contribution in [0.2, 0.25) is 5.02 Å². The third-order valence-corrected chi connectivity index (χ3v) is 7.65. The molecule has 0 aliphatic carbocycles. The third-order valence-electron chi connectivity index (χ3n) is 6.55. The van der Waals surface area contributed by atoms with Crippen LogP contribution in [-0.2, 0) is 0 Å². The summed E-state index contributed by atoms with van der Waals surface area (Å²) in [6.45, 7) is -1.34. The van der Waals surface area contributed by atoms with Crippen LogP contribution in [0, 0.1) is 0 Å². The predicted octanol–water partition coefficient (Wildman–Crippen LogP) is 4.66. The molecule has 2 fully saturated rings. The lowest BCUT2D eigenvalue weighted by Gasteiger charge is -2.40. The van der Waals surface area contributed by atoms with Crippen LogP contribution in [0.1, 0.15) is 23.2 Å². The summed E-state index contributed by atoms with van der Waals surface area (Å²) < 4.78 is 31.4. The van der Waals surface area contributed by atoms with Gasteiger partial charge in [-0.3, -0.25) is 9.69 Å². The van der Waals surface area contributed by atoms with Gasteiger partial charge in [-0.1, -0.05) is 11.6 Å². The number of carbonyl (C=O) groups excluding carboxylic acids is 1. The standard InChI is InChI=1S/C23H24ClF2N7O2S/c1-32-13-2-3-14(32)11-33(10-13)12-4-5-17(18(8-12)35-22(25)26)29-23-28-9-16(24)20(31-23)30-21-15(19(27)34)6-7-36-21/h4-9,13-14,22H,2-3,10-11H2,1H3,(H2,27,34)(H2,28,29,30,31). The van der Waals surface area contributed by atoms with Gasteiger partial charge in [0.1, 0.15) is 10.0 Å². The minimum atomic E-state index is -3.00. The number of nitrogens with zero attached hydrogens (tertiary/aromatic N) is 4. The minimum absolute atomic E-state index is 0.0175. The number of rotatable bonds is 8. The molecule has 0 spiro atoms. The normalized spacial score (nSPS) is 19.5. The number of alkyl halides is 2. The van der Waals surface area contributed by atoms with E-state index in [0.29, 0.717) is 22.6 Å². The summed E-state index contributed by atoms with van der Waals surface area (Å²) in [7, 11) is 2.14. The van der Waals surface area contributed by atoms with Crippen molar-refractivity contribution in [3.05, 3.63) is 46.4 Å². The number of fused-ring (bicyclic) bond motifs is 2. The highest BCUT2D eigenvalue weighted by atomic mass is 35.5. The molecule has 190 valence electrons. The number of thiophene rings is 1. The first kappa shape index (κ1) is 24.5. The average molecular weight is 536 g/mol. The third kappa shape index (κ3) is 5.01. The monoisotopic (exact) mass is 535 g/mol. The second-order valence-corrected chi connectivity index (χ2v) is 10.0. The van der Waals surface area contributed by atoms with Gasteiger partial charge in [0, 0.05) is 36.9 Å². The van der Waals surface area contributed by atoms with Gasteiger partial charge in [-0.15, -0.1) is 11.3 Å². The van der Waals surface area contributed by atoms with E-state index in [2.05, 4.69) is 37.4 Å². The van der Waals surface area contributed by atoms with E-state index in [9.17, 15) is 13.6 Å². The second kappa shape index (κ2) is 10.0. The van der Waals surface area contributed by atoms with E-state index in [1.165, 1.54) is 17.5 Å². The van der Waals surface area contributed by atoms with Crippen molar-refractivity contribution in [2.45, 2.75) is 31.5 Å². The molecule has 9 nitrogen and oxygen atoms in total. The lowest BCUT2D eigenvalue weighted by atomic mass is 10.1. The summed E-state index contributed by atoms with van der Waals surface area (Å²) in [4.78, 5) is 24.7. The van der Waals surface area contributed by atoms with E-state index in [4.69, 9.17) is 22.1 Å². The molecule has 2 bridgehead atoms. The number of aromatic nitrogens is 2. The number of carbonyl (C=O) groups is 1. The van der Waals surface area contributed by atoms with Crippen LogP contribution in [0.4, 0.5) is 36.9 Å². The van der Waals surface area contributed by atoms with Crippen LogP contribution in [-0.4, -0.2) is 59.6 Å². The summed E-state index contributed by atoms with van der Waals surface area (Å²) >= 11 is 7.49. The molecule has 3 aromatic rings. The van der Waals surface area contributed by atoms with Crippen LogP contribution in [0.5, 0.6) is 5.75 Å². The maximum Gasteiger partial charge on any atom is 0.387 e. The zero-order valence-corrected chi connectivity index (χ0v) is 20.8. The van der Waals surface area contributed by atoms with E-state index in [1.807, 2.05) is 6.07 Å². The van der Waals surface area contributed by atoms with Gasteiger partial charge >= 0.3 is 6.61 Å². The van der Waals surface area contributed by atoms with Crippen molar-refractivity contribution >= 4 is 57.0 Å². The maximum atomic E-state index is 13.3. The highest BCUT2D eigenvalue weighted by Gasteiger charge is 2.37. The molecule has 1 amide bonds. The van der Waals surface area contributed by atoms with Crippen LogP contribution in [0.25, 0.3) is 0 Å². The Kier molecular flexibility index (Phi) is 6.82. The van der Waals surface area contributed by atoms with Gasteiger partial charge in [-0.05, 0) is 43.5 Å². The number of amides is 1. The highest BCUT2D eigenvalue weighted by Crippen LogP contribution is 2.37. The fourth-order valence-corrected chi connectivity index (χ4v) is 5.60. The van der Waals surface area contributed by atoms with E-state index in [0.717, 1.165) is 31.6 Å². The van der Waals surface area contributed by atoms with Gasteiger partial charge < -0.3 is 26.0 Å². The summed E-state index contributed by atoms with van der Waals surface area (Å²) in [5.74, 6) is -0.288. The van der Waals surface area contributed by atoms with Crippen molar-refractivity contribution in [3.8, 4) is 5.75 Å². The van der Waals surface area contributed by atoms with Gasteiger partial charge in [-0.2, -0.15) is 13.8 Å². The van der Waals surface area contributed by atoms with E-state index >= 15 is 0 Å². The summed E-state index contributed by atoms with van der Waals surface area (Å²) in [6.07, 6.45) is 3.63. The molecule has 5 rings (SSSR count). The number of hydrogen-bond donors (Lipinski definition) is 3. The van der Waals surface area contributed by atoms with E-state index < -0.39 is 12.5 Å². The van der Waals surface area contributed by atoms with E-state index in [-0.39, 0.29) is 28.2 Å². The van der Waals surface area contributed by atoms with Crippen LogP contribution in [0.3, 0.4) is 0 Å². The lowest BCUT2D eigenvalue weighted by molar-refractivity contribution is -0.0493. The number of anilines is 5. The van der Waals surface area contributed by atoms with Crippen LogP contribution < -0.4 is 26.0 Å². The number of ether oxygens (including phenoxy) is 1. The summed E-state index contributed by atoms with van der Waals surface area (Å²) in [5.41, 5.74) is 6.79. The van der Waals surface area contributed by atoms with Crippen molar-refractivity contribution in [1.82, 2.24) is 14.9 Å². The lowest BCUT2D eigenvalue weighted by Crippen LogP contribution is -2.52.